The van der Waals surface area contributed by atoms with Crippen molar-refractivity contribution in [3.63, 3.8) is 0 Å². The van der Waals surface area contributed by atoms with Crippen LogP contribution < -0.4 is 0 Å². The number of hydrogen-bond donors (Lipinski definition) is 0. The highest BCUT2D eigenvalue weighted by Gasteiger charge is 2.45. The first-order valence-corrected chi connectivity index (χ1v) is 6.36. The van der Waals surface area contributed by atoms with E-state index in [2.05, 4.69) is 13.8 Å². The van der Waals surface area contributed by atoms with Crippen molar-refractivity contribution in [2.45, 2.75) is 64.4 Å². The number of rotatable bonds is 9. The van der Waals surface area contributed by atoms with Gasteiger partial charge in [-0.3, -0.25) is 0 Å². The normalized spacial score (nSPS) is 24.6. The lowest BCUT2D eigenvalue weighted by molar-refractivity contribution is -0.112. The molecule has 0 saturated carbocycles. The molecule has 3 nitrogen and oxygen atoms in total. The molecule has 0 aromatic rings. The van der Waals surface area contributed by atoms with Crippen LogP contribution >= 0.6 is 0 Å². The summed E-state index contributed by atoms with van der Waals surface area (Å²) >= 11 is 0. The van der Waals surface area contributed by atoms with Gasteiger partial charge in [0.05, 0.1) is 6.61 Å². The van der Waals surface area contributed by atoms with Crippen LogP contribution in [0.15, 0.2) is 0 Å². The third-order valence-corrected chi connectivity index (χ3v) is 3.28. The third-order valence-electron chi connectivity index (χ3n) is 3.28. The number of epoxide rings is 1. The van der Waals surface area contributed by atoms with Gasteiger partial charge in [0.1, 0.15) is 5.60 Å². The summed E-state index contributed by atoms with van der Waals surface area (Å²) in [6.07, 6.45) is 9.57. The Kier molecular flexibility index (Phi) is 7.60. The lowest BCUT2D eigenvalue weighted by Crippen LogP contribution is -2.18. The van der Waals surface area contributed by atoms with Gasteiger partial charge in [-0.1, -0.05) is 52.4 Å². The van der Waals surface area contributed by atoms with Crippen LogP contribution in [0.2, 0.25) is 0 Å². The fraction of sp³-hybridized carbons (Fsp3) is 0.923. The van der Waals surface area contributed by atoms with Crippen molar-refractivity contribution in [1.29, 1.82) is 0 Å². The van der Waals surface area contributed by atoms with Crippen molar-refractivity contribution in [3.05, 3.63) is 0 Å². The molecular formula is C13H26O3. The molecule has 1 saturated heterocycles. The van der Waals surface area contributed by atoms with Gasteiger partial charge in [-0.15, -0.1) is 0 Å². The predicted molar refractivity (Wildman–Crippen MR) is 65.5 cm³/mol. The van der Waals surface area contributed by atoms with Gasteiger partial charge in [0.25, 0.3) is 0 Å². The largest absolute Gasteiger partial charge is 0.412 e. The highest BCUT2D eigenvalue weighted by Crippen LogP contribution is 2.35. The summed E-state index contributed by atoms with van der Waals surface area (Å²) in [5.41, 5.74) is -0.369. The monoisotopic (exact) mass is 230 g/mol. The maximum Gasteiger partial charge on any atom is 0.154 e. The van der Waals surface area contributed by atoms with E-state index in [1.54, 1.807) is 0 Å². The SMILES string of the molecule is CCCCCC(CCC)CC1(C=O)CO1.O. The maximum atomic E-state index is 10.8. The number of ether oxygens (including phenoxy) is 1. The first-order chi connectivity index (χ1) is 7.26. The first-order valence-electron chi connectivity index (χ1n) is 6.36. The molecule has 2 N–H and O–H groups in total. The Hall–Kier alpha value is -0.410. The number of unbranched alkanes of at least 4 members (excludes halogenated alkanes) is 2. The van der Waals surface area contributed by atoms with Gasteiger partial charge in [-0.2, -0.15) is 0 Å². The van der Waals surface area contributed by atoms with E-state index in [9.17, 15) is 4.79 Å². The minimum absolute atomic E-state index is 0. The zero-order chi connectivity index (χ0) is 11.1. The molecule has 0 radical (unpaired) electrons. The van der Waals surface area contributed by atoms with E-state index >= 15 is 0 Å². The second-order valence-electron chi connectivity index (χ2n) is 4.83. The van der Waals surface area contributed by atoms with E-state index in [-0.39, 0.29) is 11.1 Å². The molecule has 1 heterocycles. The average molecular weight is 230 g/mol. The summed E-state index contributed by atoms with van der Waals surface area (Å²) < 4.78 is 5.26. The van der Waals surface area contributed by atoms with Gasteiger partial charge in [0.2, 0.25) is 0 Å². The minimum atomic E-state index is -0.369. The molecule has 2 atom stereocenters. The van der Waals surface area contributed by atoms with E-state index in [1.807, 2.05) is 0 Å². The Labute approximate surface area is 98.9 Å². The van der Waals surface area contributed by atoms with Crippen LogP contribution in [0.5, 0.6) is 0 Å². The number of carbonyl (C=O) groups is 1. The molecule has 3 heteroatoms. The summed E-state index contributed by atoms with van der Waals surface area (Å²) in [7, 11) is 0. The standard InChI is InChI=1S/C13H24O2.H2O/c1-3-5-6-8-12(7-4-2)9-13(10-14)11-15-13;/h10,12H,3-9,11H2,1-2H3;1H2. The molecule has 0 spiro atoms. The average Bonchev–Trinajstić information content (AvgIpc) is 2.99. The zero-order valence-corrected chi connectivity index (χ0v) is 10.6. The van der Waals surface area contributed by atoms with Crippen LogP contribution in [0.25, 0.3) is 0 Å². The van der Waals surface area contributed by atoms with Crippen LogP contribution in [0.4, 0.5) is 0 Å². The molecule has 1 aliphatic rings. The summed E-state index contributed by atoms with van der Waals surface area (Å²) in [6.45, 7) is 5.10. The van der Waals surface area contributed by atoms with Gasteiger partial charge in [-0.05, 0) is 12.3 Å². The maximum absolute atomic E-state index is 10.8. The molecule has 1 rings (SSSR count). The molecule has 1 fully saturated rings. The fourth-order valence-corrected chi connectivity index (χ4v) is 2.26. The quantitative estimate of drug-likeness (QED) is 0.347. The van der Waals surface area contributed by atoms with E-state index in [0.717, 1.165) is 12.7 Å². The van der Waals surface area contributed by atoms with Gasteiger partial charge in [0.15, 0.2) is 6.29 Å². The molecule has 2 unspecified atom stereocenters. The molecule has 0 aliphatic carbocycles. The van der Waals surface area contributed by atoms with Gasteiger partial charge >= 0.3 is 0 Å². The van der Waals surface area contributed by atoms with Crippen molar-refractivity contribution in [1.82, 2.24) is 0 Å². The van der Waals surface area contributed by atoms with E-state index in [0.29, 0.717) is 12.5 Å². The Bertz CT molecular complexity index is 188. The second-order valence-corrected chi connectivity index (χ2v) is 4.83. The van der Waals surface area contributed by atoms with Crippen molar-refractivity contribution in [2.75, 3.05) is 6.61 Å². The summed E-state index contributed by atoms with van der Waals surface area (Å²) in [4.78, 5) is 10.8. The minimum Gasteiger partial charge on any atom is -0.412 e. The Morgan fingerprint density at radius 2 is 1.94 bits per heavy atom. The first kappa shape index (κ1) is 15.6. The van der Waals surface area contributed by atoms with Gasteiger partial charge in [0, 0.05) is 0 Å². The van der Waals surface area contributed by atoms with E-state index in [4.69, 9.17) is 4.74 Å². The Morgan fingerprint density at radius 1 is 1.25 bits per heavy atom. The number of aldehydes is 1. The third kappa shape index (κ3) is 5.08. The Balaban J connectivity index is 0.00000225. The number of carbonyl (C=O) groups excluding carboxylic acids is 1. The van der Waals surface area contributed by atoms with Crippen molar-refractivity contribution in [2.24, 2.45) is 5.92 Å². The molecular weight excluding hydrogens is 204 g/mol. The van der Waals surface area contributed by atoms with Crippen LogP contribution in [-0.4, -0.2) is 24.0 Å². The summed E-state index contributed by atoms with van der Waals surface area (Å²) in [5, 5.41) is 0. The zero-order valence-electron chi connectivity index (χ0n) is 10.6. The summed E-state index contributed by atoms with van der Waals surface area (Å²) in [5.74, 6) is 0.689. The van der Waals surface area contributed by atoms with Crippen molar-refractivity contribution >= 4 is 6.29 Å². The van der Waals surface area contributed by atoms with Crippen molar-refractivity contribution < 1.29 is 15.0 Å². The van der Waals surface area contributed by atoms with Crippen LogP contribution in [0.1, 0.15) is 58.8 Å². The lowest BCUT2D eigenvalue weighted by Gasteiger charge is -2.17. The van der Waals surface area contributed by atoms with Crippen molar-refractivity contribution in [3.8, 4) is 0 Å². The predicted octanol–water partition coefficient (Wildman–Crippen LogP) is 2.52. The topological polar surface area (TPSA) is 61.1 Å². The smallest absolute Gasteiger partial charge is 0.154 e. The van der Waals surface area contributed by atoms with Gasteiger partial charge < -0.3 is 15.0 Å². The highest BCUT2D eigenvalue weighted by molar-refractivity contribution is 5.66. The molecule has 0 amide bonds. The van der Waals surface area contributed by atoms with Crippen LogP contribution in [-0.2, 0) is 9.53 Å². The molecule has 1 aliphatic heterocycles. The number of hydrogen-bond acceptors (Lipinski definition) is 2. The molecule has 96 valence electrons. The van der Waals surface area contributed by atoms with Crippen LogP contribution in [0.3, 0.4) is 0 Å². The fourth-order valence-electron chi connectivity index (χ4n) is 2.26. The summed E-state index contributed by atoms with van der Waals surface area (Å²) in [6, 6.07) is 0. The molecule has 0 aromatic heterocycles. The van der Waals surface area contributed by atoms with Gasteiger partial charge in [-0.25, -0.2) is 0 Å². The van der Waals surface area contributed by atoms with Crippen LogP contribution in [0, 0.1) is 5.92 Å². The highest BCUT2D eigenvalue weighted by atomic mass is 16.6. The lowest BCUT2D eigenvalue weighted by atomic mass is 9.88. The molecule has 0 bridgehead atoms. The second kappa shape index (κ2) is 7.80. The Morgan fingerprint density at radius 3 is 2.38 bits per heavy atom. The molecule has 16 heavy (non-hydrogen) atoms. The van der Waals surface area contributed by atoms with E-state index in [1.165, 1.54) is 38.5 Å². The molecule has 0 aromatic carbocycles. The van der Waals surface area contributed by atoms with E-state index < -0.39 is 0 Å².